The zero-order chi connectivity index (χ0) is 16.9. The second kappa shape index (κ2) is 7.17. The van der Waals surface area contributed by atoms with Crippen LogP contribution in [0, 0.1) is 5.92 Å². The van der Waals surface area contributed by atoms with Crippen molar-refractivity contribution >= 4 is 23.2 Å². The third-order valence-electron chi connectivity index (χ3n) is 4.19. The van der Waals surface area contributed by atoms with Crippen molar-refractivity contribution < 1.29 is 14.3 Å². The van der Waals surface area contributed by atoms with Crippen LogP contribution in [0.4, 0.5) is 11.4 Å². The van der Waals surface area contributed by atoms with Gasteiger partial charge in [0, 0.05) is 29.8 Å². The molecule has 5 nitrogen and oxygen atoms in total. The van der Waals surface area contributed by atoms with Crippen LogP contribution in [0.25, 0.3) is 0 Å². The molecular weight excluding hydrogens is 304 g/mol. The van der Waals surface area contributed by atoms with Gasteiger partial charge in [-0.2, -0.15) is 0 Å². The van der Waals surface area contributed by atoms with E-state index in [1.54, 1.807) is 13.2 Å². The highest BCUT2D eigenvalue weighted by Crippen LogP contribution is 2.27. The number of para-hydroxylation sites is 1. The molecule has 124 valence electrons. The van der Waals surface area contributed by atoms with Gasteiger partial charge in [-0.25, -0.2) is 0 Å². The molecule has 24 heavy (non-hydrogen) atoms. The van der Waals surface area contributed by atoms with E-state index in [9.17, 15) is 9.59 Å². The lowest BCUT2D eigenvalue weighted by molar-refractivity contribution is -0.121. The number of nitrogens with one attached hydrogen (secondary N) is 2. The first-order chi connectivity index (χ1) is 11.7. The maximum Gasteiger partial charge on any atom is 0.227 e. The lowest BCUT2D eigenvalue weighted by Crippen LogP contribution is -2.30. The van der Waals surface area contributed by atoms with Crippen molar-refractivity contribution in [2.75, 3.05) is 17.7 Å². The Hall–Kier alpha value is -2.82. The highest BCUT2D eigenvalue weighted by molar-refractivity contribution is 5.96. The van der Waals surface area contributed by atoms with Gasteiger partial charge in [0.25, 0.3) is 0 Å². The van der Waals surface area contributed by atoms with Crippen LogP contribution >= 0.6 is 0 Å². The van der Waals surface area contributed by atoms with Crippen molar-refractivity contribution in [3.8, 4) is 5.75 Å². The minimum atomic E-state index is -0.170. The van der Waals surface area contributed by atoms with E-state index < -0.39 is 0 Å². The number of benzene rings is 2. The average Bonchev–Trinajstić information content (AvgIpc) is 2.60. The van der Waals surface area contributed by atoms with Gasteiger partial charge in [0.05, 0.1) is 7.11 Å². The normalized spacial score (nSPS) is 16.0. The third-order valence-corrected chi connectivity index (χ3v) is 4.19. The maximum absolute atomic E-state index is 12.2. The number of anilines is 2. The molecule has 0 saturated heterocycles. The molecule has 0 bridgehead atoms. The predicted molar refractivity (Wildman–Crippen MR) is 93.1 cm³/mol. The summed E-state index contributed by atoms with van der Waals surface area (Å²) in [6.07, 6.45) is 1.50. The molecule has 1 aliphatic heterocycles. The Kier molecular flexibility index (Phi) is 4.79. The Bertz CT molecular complexity index is 758. The van der Waals surface area contributed by atoms with Gasteiger partial charge in [0.1, 0.15) is 5.75 Å². The fourth-order valence-electron chi connectivity index (χ4n) is 2.88. The van der Waals surface area contributed by atoms with Gasteiger partial charge in [-0.05, 0) is 36.6 Å². The molecule has 0 fully saturated rings. The molecule has 2 aromatic carbocycles. The zero-order valence-electron chi connectivity index (χ0n) is 13.5. The number of amides is 2. The van der Waals surface area contributed by atoms with Gasteiger partial charge < -0.3 is 15.4 Å². The van der Waals surface area contributed by atoms with E-state index in [0.29, 0.717) is 30.7 Å². The molecule has 2 aromatic rings. The first-order valence-corrected chi connectivity index (χ1v) is 7.98. The number of ether oxygens (including phenoxy) is 1. The van der Waals surface area contributed by atoms with Crippen LogP contribution < -0.4 is 15.4 Å². The SMILES string of the molecule is COc1cccc(NC(=O)CC[C@@H]2Cc3ccccc3NC2=O)c1. The molecule has 1 heterocycles. The van der Waals surface area contributed by atoms with Gasteiger partial charge in [-0.1, -0.05) is 24.3 Å². The third kappa shape index (κ3) is 3.74. The van der Waals surface area contributed by atoms with Crippen LogP contribution in [0.3, 0.4) is 0 Å². The van der Waals surface area contributed by atoms with Crippen molar-refractivity contribution in [2.45, 2.75) is 19.3 Å². The molecule has 2 amide bonds. The summed E-state index contributed by atoms with van der Waals surface area (Å²) in [6.45, 7) is 0. The van der Waals surface area contributed by atoms with Crippen LogP contribution in [0.5, 0.6) is 5.75 Å². The minimum Gasteiger partial charge on any atom is -0.497 e. The molecule has 0 aliphatic carbocycles. The molecule has 3 rings (SSSR count). The lowest BCUT2D eigenvalue weighted by atomic mass is 9.89. The molecule has 0 radical (unpaired) electrons. The summed E-state index contributed by atoms with van der Waals surface area (Å²) in [5.41, 5.74) is 2.69. The Morgan fingerprint density at radius 2 is 2.08 bits per heavy atom. The van der Waals surface area contributed by atoms with Crippen LogP contribution in [-0.4, -0.2) is 18.9 Å². The summed E-state index contributed by atoms with van der Waals surface area (Å²) in [5, 5.41) is 5.75. The van der Waals surface area contributed by atoms with E-state index in [2.05, 4.69) is 10.6 Å². The number of fused-ring (bicyclic) bond motifs is 1. The van der Waals surface area contributed by atoms with E-state index in [1.807, 2.05) is 42.5 Å². The van der Waals surface area contributed by atoms with E-state index in [-0.39, 0.29) is 17.7 Å². The molecule has 0 saturated carbocycles. The van der Waals surface area contributed by atoms with Gasteiger partial charge in [-0.15, -0.1) is 0 Å². The van der Waals surface area contributed by atoms with Crippen LogP contribution in [-0.2, 0) is 16.0 Å². The fraction of sp³-hybridized carbons (Fsp3) is 0.263. The highest BCUT2D eigenvalue weighted by Gasteiger charge is 2.26. The topological polar surface area (TPSA) is 67.4 Å². The second-order valence-corrected chi connectivity index (χ2v) is 5.87. The van der Waals surface area contributed by atoms with Crippen molar-refractivity contribution in [3.63, 3.8) is 0 Å². The predicted octanol–water partition coefficient (Wildman–Crippen LogP) is 3.22. The Balaban J connectivity index is 1.55. The quantitative estimate of drug-likeness (QED) is 0.887. The van der Waals surface area contributed by atoms with Crippen LogP contribution in [0.15, 0.2) is 48.5 Å². The summed E-state index contributed by atoms with van der Waals surface area (Å²) in [7, 11) is 1.58. The molecule has 0 spiro atoms. The van der Waals surface area contributed by atoms with Gasteiger partial charge in [0.15, 0.2) is 0 Å². The van der Waals surface area contributed by atoms with E-state index in [4.69, 9.17) is 4.74 Å². The molecule has 2 N–H and O–H groups in total. The second-order valence-electron chi connectivity index (χ2n) is 5.87. The molecule has 1 aliphatic rings. The van der Waals surface area contributed by atoms with Gasteiger partial charge in [0.2, 0.25) is 11.8 Å². The van der Waals surface area contributed by atoms with Crippen LogP contribution in [0.2, 0.25) is 0 Å². The first-order valence-electron chi connectivity index (χ1n) is 7.98. The average molecular weight is 324 g/mol. The maximum atomic E-state index is 12.2. The zero-order valence-corrected chi connectivity index (χ0v) is 13.5. The molecular formula is C19H20N2O3. The number of methoxy groups -OCH3 is 1. The number of hydrogen-bond acceptors (Lipinski definition) is 3. The monoisotopic (exact) mass is 324 g/mol. The Morgan fingerprint density at radius 1 is 1.25 bits per heavy atom. The van der Waals surface area contributed by atoms with Crippen LogP contribution in [0.1, 0.15) is 18.4 Å². The standard InChI is InChI=1S/C19H20N2O3/c1-24-16-7-4-6-15(12-16)20-18(22)10-9-14-11-13-5-2-3-8-17(13)21-19(14)23/h2-8,12,14H,9-11H2,1H3,(H,20,22)(H,21,23)/t14-/m1/s1. The minimum absolute atomic E-state index is 0.0112. The lowest BCUT2D eigenvalue weighted by Gasteiger charge is -2.24. The summed E-state index contributed by atoms with van der Waals surface area (Å²) < 4.78 is 5.13. The molecule has 0 aromatic heterocycles. The number of carbonyl (C=O) groups is 2. The molecule has 5 heteroatoms. The van der Waals surface area contributed by atoms with Crippen molar-refractivity contribution in [2.24, 2.45) is 5.92 Å². The summed E-state index contributed by atoms with van der Waals surface area (Å²) >= 11 is 0. The highest BCUT2D eigenvalue weighted by atomic mass is 16.5. The largest absolute Gasteiger partial charge is 0.497 e. The van der Waals surface area contributed by atoms with Crippen molar-refractivity contribution in [1.82, 2.24) is 0 Å². The molecule has 1 atom stereocenters. The van der Waals surface area contributed by atoms with Crippen molar-refractivity contribution in [3.05, 3.63) is 54.1 Å². The summed E-state index contributed by atoms with van der Waals surface area (Å²) in [4.78, 5) is 24.3. The first kappa shape index (κ1) is 16.1. The fourth-order valence-corrected chi connectivity index (χ4v) is 2.88. The smallest absolute Gasteiger partial charge is 0.227 e. The Labute approximate surface area is 141 Å². The van der Waals surface area contributed by atoms with Gasteiger partial charge in [-0.3, -0.25) is 9.59 Å². The number of rotatable bonds is 5. The van der Waals surface area contributed by atoms with E-state index in [1.165, 1.54) is 0 Å². The summed E-state index contributed by atoms with van der Waals surface area (Å²) in [5.74, 6) is 0.407. The Morgan fingerprint density at radius 3 is 2.92 bits per heavy atom. The van der Waals surface area contributed by atoms with Gasteiger partial charge >= 0.3 is 0 Å². The number of carbonyl (C=O) groups excluding carboxylic acids is 2. The number of hydrogen-bond donors (Lipinski definition) is 2. The van der Waals surface area contributed by atoms with E-state index >= 15 is 0 Å². The summed E-state index contributed by atoms with van der Waals surface area (Å²) in [6, 6.07) is 15.0. The molecule has 0 unspecified atom stereocenters. The van der Waals surface area contributed by atoms with Crippen molar-refractivity contribution in [1.29, 1.82) is 0 Å². The van der Waals surface area contributed by atoms with E-state index in [0.717, 1.165) is 11.3 Å².